The summed E-state index contributed by atoms with van der Waals surface area (Å²) in [5.74, 6) is 2.53. The molecule has 0 bridgehead atoms. The fourth-order valence-corrected chi connectivity index (χ4v) is 3.27. The molecule has 27 heavy (non-hydrogen) atoms. The van der Waals surface area contributed by atoms with E-state index in [1.807, 2.05) is 42.5 Å². The standard InChI is InChI=1S/C21H23N3O3/c1-13(2)20(21-22-15-5-3-4-6-16(15)23-21)24-19(25)10-8-14-7-9-17-18(11-14)27-12-26-17/h3-7,9,11,13,20H,8,10,12H2,1-2H3,(H,22,23)(H,24,25)/t20-/m0/s1. The number of carbonyl (C=O) groups excluding carboxylic acids is 1. The van der Waals surface area contributed by atoms with E-state index in [9.17, 15) is 4.79 Å². The number of aromatic nitrogens is 2. The largest absolute Gasteiger partial charge is 0.454 e. The van der Waals surface area contributed by atoms with Gasteiger partial charge in [0.25, 0.3) is 0 Å². The van der Waals surface area contributed by atoms with Crippen molar-refractivity contribution in [3.63, 3.8) is 0 Å². The number of para-hydroxylation sites is 2. The number of aryl methyl sites for hydroxylation is 1. The van der Waals surface area contributed by atoms with Crippen molar-refractivity contribution in [3.8, 4) is 11.5 Å². The second kappa shape index (κ2) is 7.31. The third-order valence-electron chi connectivity index (χ3n) is 4.76. The minimum absolute atomic E-state index is 0.00632. The number of rotatable bonds is 6. The molecule has 1 aliphatic heterocycles. The number of aromatic amines is 1. The quantitative estimate of drug-likeness (QED) is 0.698. The molecule has 2 heterocycles. The fourth-order valence-electron chi connectivity index (χ4n) is 3.27. The topological polar surface area (TPSA) is 76.2 Å². The summed E-state index contributed by atoms with van der Waals surface area (Å²) < 4.78 is 10.7. The van der Waals surface area contributed by atoms with Crippen LogP contribution < -0.4 is 14.8 Å². The van der Waals surface area contributed by atoms with Crippen LogP contribution in [0.2, 0.25) is 0 Å². The van der Waals surface area contributed by atoms with E-state index in [-0.39, 0.29) is 24.7 Å². The van der Waals surface area contributed by atoms with E-state index < -0.39 is 0 Å². The first-order valence-corrected chi connectivity index (χ1v) is 9.22. The van der Waals surface area contributed by atoms with Crippen molar-refractivity contribution < 1.29 is 14.3 Å². The summed E-state index contributed by atoms with van der Waals surface area (Å²) in [6.45, 7) is 4.42. The molecule has 0 unspecified atom stereocenters. The molecule has 1 amide bonds. The van der Waals surface area contributed by atoms with Crippen molar-refractivity contribution in [3.05, 3.63) is 53.9 Å². The van der Waals surface area contributed by atoms with Gasteiger partial charge in [-0.05, 0) is 42.2 Å². The van der Waals surface area contributed by atoms with Gasteiger partial charge in [-0.15, -0.1) is 0 Å². The van der Waals surface area contributed by atoms with Crippen LogP contribution in [0, 0.1) is 5.92 Å². The Morgan fingerprint density at radius 1 is 1.19 bits per heavy atom. The number of nitrogens with one attached hydrogen (secondary N) is 2. The molecule has 6 heteroatoms. The lowest BCUT2D eigenvalue weighted by molar-refractivity contribution is -0.122. The van der Waals surface area contributed by atoms with E-state index >= 15 is 0 Å². The second-order valence-electron chi connectivity index (χ2n) is 7.12. The van der Waals surface area contributed by atoms with Crippen LogP contribution in [0.1, 0.15) is 37.7 Å². The number of ether oxygens (including phenoxy) is 2. The molecule has 0 spiro atoms. The van der Waals surface area contributed by atoms with Crippen molar-refractivity contribution in [1.82, 2.24) is 15.3 Å². The number of nitrogens with zero attached hydrogens (tertiary/aromatic N) is 1. The summed E-state index contributed by atoms with van der Waals surface area (Å²) in [5.41, 5.74) is 2.94. The van der Waals surface area contributed by atoms with Crippen molar-refractivity contribution >= 4 is 16.9 Å². The van der Waals surface area contributed by atoms with Crippen LogP contribution in [0.25, 0.3) is 11.0 Å². The first-order valence-electron chi connectivity index (χ1n) is 9.22. The summed E-state index contributed by atoms with van der Waals surface area (Å²) in [5, 5.41) is 3.13. The maximum Gasteiger partial charge on any atom is 0.231 e. The highest BCUT2D eigenvalue weighted by molar-refractivity contribution is 5.77. The molecule has 1 aromatic heterocycles. The summed E-state index contributed by atoms with van der Waals surface area (Å²) in [6.07, 6.45) is 1.05. The molecule has 140 valence electrons. The van der Waals surface area contributed by atoms with Crippen LogP contribution in [-0.2, 0) is 11.2 Å². The van der Waals surface area contributed by atoms with Crippen molar-refractivity contribution in [2.75, 3.05) is 6.79 Å². The van der Waals surface area contributed by atoms with E-state index in [0.717, 1.165) is 33.9 Å². The SMILES string of the molecule is CC(C)[C@H](NC(=O)CCc1ccc2c(c1)OCO2)c1nc2ccccc2[nH]1. The van der Waals surface area contributed by atoms with Crippen LogP contribution in [0.3, 0.4) is 0 Å². The van der Waals surface area contributed by atoms with E-state index in [1.165, 1.54) is 0 Å². The fraction of sp³-hybridized carbons (Fsp3) is 0.333. The van der Waals surface area contributed by atoms with Gasteiger partial charge < -0.3 is 19.8 Å². The number of fused-ring (bicyclic) bond motifs is 2. The van der Waals surface area contributed by atoms with Gasteiger partial charge in [0.05, 0.1) is 17.1 Å². The Labute approximate surface area is 157 Å². The third kappa shape index (κ3) is 3.74. The first-order chi connectivity index (χ1) is 13.1. The summed E-state index contributed by atoms with van der Waals surface area (Å²) >= 11 is 0. The van der Waals surface area contributed by atoms with Crippen LogP contribution >= 0.6 is 0 Å². The Morgan fingerprint density at radius 3 is 2.81 bits per heavy atom. The normalized spacial score (nSPS) is 13.9. The predicted octanol–water partition coefficient (Wildman–Crippen LogP) is 3.74. The second-order valence-corrected chi connectivity index (χ2v) is 7.12. The maximum absolute atomic E-state index is 12.5. The zero-order chi connectivity index (χ0) is 18.8. The zero-order valence-electron chi connectivity index (χ0n) is 15.5. The van der Waals surface area contributed by atoms with Gasteiger partial charge in [-0.3, -0.25) is 4.79 Å². The summed E-state index contributed by atoms with van der Waals surface area (Å²) in [6, 6.07) is 13.5. The van der Waals surface area contributed by atoms with Gasteiger partial charge in [-0.25, -0.2) is 4.98 Å². The smallest absolute Gasteiger partial charge is 0.231 e. The lowest BCUT2D eigenvalue weighted by Gasteiger charge is -2.20. The number of benzene rings is 2. The minimum atomic E-state index is -0.151. The highest BCUT2D eigenvalue weighted by atomic mass is 16.7. The van der Waals surface area contributed by atoms with E-state index in [4.69, 9.17) is 9.47 Å². The molecule has 1 aliphatic rings. The minimum Gasteiger partial charge on any atom is -0.454 e. The molecular weight excluding hydrogens is 342 g/mol. The molecule has 0 radical (unpaired) electrons. The molecular formula is C21H23N3O3. The van der Waals surface area contributed by atoms with Gasteiger partial charge in [0.1, 0.15) is 5.82 Å². The summed E-state index contributed by atoms with van der Waals surface area (Å²) in [4.78, 5) is 20.5. The van der Waals surface area contributed by atoms with Crippen LogP contribution in [0.5, 0.6) is 11.5 Å². The highest BCUT2D eigenvalue weighted by Gasteiger charge is 2.22. The monoisotopic (exact) mass is 365 g/mol. The Balaban J connectivity index is 1.41. The molecule has 1 atom stereocenters. The molecule has 0 fully saturated rings. The maximum atomic E-state index is 12.5. The van der Waals surface area contributed by atoms with Crippen LogP contribution in [0.4, 0.5) is 0 Å². The van der Waals surface area contributed by atoms with Gasteiger partial charge in [0.15, 0.2) is 11.5 Å². The van der Waals surface area contributed by atoms with Gasteiger partial charge >= 0.3 is 0 Å². The van der Waals surface area contributed by atoms with Gasteiger partial charge in [0, 0.05) is 6.42 Å². The molecule has 4 rings (SSSR count). The van der Waals surface area contributed by atoms with Crippen molar-refractivity contribution in [2.24, 2.45) is 5.92 Å². The van der Waals surface area contributed by atoms with E-state index in [2.05, 4.69) is 29.1 Å². The van der Waals surface area contributed by atoms with Gasteiger partial charge in [-0.1, -0.05) is 32.0 Å². The molecule has 6 nitrogen and oxygen atoms in total. The predicted molar refractivity (Wildman–Crippen MR) is 103 cm³/mol. The number of hydrogen-bond donors (Lipinski definition) is 2. The third-order valence-corrected chi connectivity index (χ3v) is 4.76. The lowest BCUT2D eigenvalue weighted by atomic mass is 10.0. The molecule has 3 aromatic rings. The van der Waals surface area contributed by atoms with Crippen molar-refractivity contribution in [1.29, 1.82) is 0 Å². The number of H-pyrrole nitrogens is 1. The lowest BCUT2D eigenvalue weighted by Crippen LogP contribution is -2.32. The molecule has 0 saturated heterocycles. The number of carbonyl (C=O) groups is 1. The Kier molecular flexibility index (Phi) is 4.71. The van der Waals surface area contributed by atoms with Gasteiger partial charge in [0.2, 0.25) is 12.7 Å². The Bertz CT molecular complexity index is 931. The Morgan fingerprint density at radius 2 is 2.00 bits per heavy atom. The number of imidazole rings is 1. The number of amides is 1. The van der Waals surface area contributed by atoms with Crippen LogP contribution in [-0.4, -0.2) is 22.7 Å². The highest BCUT2D eigenvalue weighted by Crippen LogP contribution is 2.32. The van der Waals surface area contributed by atoms with E-state index in [1.54, 1.807) is 0 Å². The zero-order valence-corrected chi connectivity index (χ0v) is 15.5. The average molecular weight is 365 g/mol. The van der Waals surface area contributed by atoms with Gasteiger partial charge in [-0.2, -0.15) is 0 Å². The van der Waals surface area contributed by atoms with Crippen molar-refractivity contribution in [2.45, 2.75) is 32.7 Å². The Hall–Kier alpha value is -3.02. The molecule has 2 aromatic carbocycles. The molecule has 2 N–H and O–H groups in total. The van der Waals surface area contributed by atoms with E-state index in [0.29, 0.717) is 12.8 Å². The molecule has 0 saturated carbocycles. The summed E-state index contributed by atoms with van der Waals surface area (Å²) in [7, 11) is 0. The van der Waals surface area contributed by atoms with Crippen LogP contribution in [0.15, 0.2) is 42.5 Å². The first kappa shape index (κ1) is 17.4. The average Bonchev–Trinajstić information content (AvgIpc) is 3.29. The molecule has 0 aliphatic carbocycles. The number of hydrogen-bond acceptors (Lipinski definition) is 4.